The van der Waals surface area contributed by atoms with Gasteiger partial charge in [-0.25, -0.2) is 4.98 Å². The van der Waals surface area contributed by atoms with Gasteiger partial charge in [0.25, 0.3) is 5.91 Å². The summed E-state index contributed by atoms with van der Waals surface area (Å²) in [4.78, 5) is 26.0. The number of nitrogens with zero attached hydrogens (tertiary/aromatic N) is 2. The first kappa shape index (κ1) is 16.7. The molecular formula is C13H13BrN4O3. The number of nitriles is 1. The van der Waals surface area contributed by atoms with Gasteiger partial charge in [-0.1, -0.05) is 15.9 Å². The highest BCUT2D eigenvalue weighted by Gasteiger charge is 2.08. The molecule has 7 nitrogen and oxygen atoms in total. The van der Waals surface area contributed by atoms with E-state index >= 15 is 0 Å². The Morgan fingerprint density at radius 1 is 1.52 bits per heavy atom. The first-order valence-corrected chi connectivity index (χ1v) is 6.80. The van der Waals surface area contributed by atoms with Crippen LogP contribution in [0.25, 0.3) is 0 Å². The average molecular weight is 353 g/mol. The summed E-state index contributed by atoms with van der Waals surface area (Å²) in [6.45, 7) is 0.194. The Morgan fingerprint density at radius 2 is 2.29 bits per heavy atom. The van der Waals surface area contributed by atoms with Crippen molar-refractivity contribution in [1.82, 2.24) is 10.3 Å². The van der Waals surface area contributed by atoms with Crippen LogP contribution in [0.1, 0.15) is 12.8 Å². The lowest BCUT2D eigenvalue weighted by molar-refractivity contribution is -0.137. The summed E-state index contributed by atoms with van der Waals surface area (Å²) in [5.41, 5.74) is -0.118. The molecule has 0 saturated carbocycles. The summed E-state index contributed by atoms with van der Waals surface area (Å²) in [6, 6.07) is 5.20. The van der Waals surface area contributed by atoms with Gasteiger partial charge in [0.2, 0.25) is 0 Å². The number of rotatable bonds is 7. The number of carboxylic acids is 1. The van der Waals surface area contributed by atoms with Crippen molar-refractivity contribution in [3.63, 3.8) is 0 Å². The molecule has 1 heterocycles. The summed E-state index contributed by atoms with van der Waals surface area (Å²) in [6.07, 6.45) is 3.09. The second kappa shape index (κ2) is 8.71. The molecule has 3 N–H and O–H groups in total. The molecule has 0 aromatic carbocycles. The van der Waals surface area contributed by atoms with Crippen LogP contribution >= 0.6 is 15.9 Å². The Morgan fingerprint density at radius 3 is 2.90 bits per heavy atom. The van der Waals surface area contributed by atoms with Crippen LogP contribution in [0.2, 0.25) is 0 Å². The van der Waals surface area contributed by atoms with E-state index in [-0.39, 0.29) is 18.5 Å². The minimum absolute atomic E-state index is 0.0356. The zero-order chi connectivity index (χ0) is 15.7. The molecule has 0 unspecified atom stereocenters. The van der Waals surface area contributed by atoms with Gasteiger partial charge in [-0.2, -0.15) is 5.26 Å². The van der Waals surface area contributed by atoms with Crippen molar-refractivity contribution < 1.29 is 14.7 Å². The van der Waals surface area contributed by atoms with Gasteiger partial charge in [0, 0.05) is 29.8 Å². The number of halogens is 1. The van der Waals surface area contributed by atoms with Gasteiger partial charge in [-0.15, -0.1) is 0 Å². The third kappa shape index (κ3) is 6.54. The Bertz CT molecular complexity index is 595. The Balaban J connectivity index is 2.53. The Hall–Kier alpha value is -2.40. The zero-order valence-electron chi connectivity index (χ0n) is 11.0. The number of carbonyl (C=O) groups excluding carboxylic acids is 1. The van der Waals surface area contributed by atoms with Gasteiger partial charge >= 0.3 is 5.97 Å². The topological polar surface area (TPSA) is 115 Å². The second-order valence-corrected chi connectivity index (χ2v) is 4.84. The van der Waals surface area contributed by atoms with E-state index in [1.165, 1.54) is 6.20 Å². The highest BCUT2D eigenvalue weighted by atomic mass is 79.9. The molecule has 0 spiro atoms. The van der Waals surface area contributed by atoms with E-state index in [2.05, 4.69) is 31.5 Å². The van der Waals surface area contributed by atoms with Crippen molar-refractivity contribution in [2.75, 3.05) is 11.9 Å². The highest BCUT2D eigenvalue weighted by molar-refractivity contribution is 9.10. The lowest BCUT2D eigenvalue weighted by Gasteiger charge is -2.04. The Labute approximate surface area is 129 Å². The summed E-state index contributed by atoms with van der Waals surface area (Å²) < 4.78 is 0.810. The fourth-order valence-electron chi connectivity index (χ4n) is 1.32. The van der Waals surface area contributed by atoms with Crippen molar-refractivity contribution in [2.45, 2.75) is 12.8 Å². The third-order valence-corrected chi connectivity index (χ3v) is 2.80. The number of aromatic nitrogens is 1. The van der Waals surface area contributed by atoms with E-state index in [9.17, 15) is 9.59 Å². The van der Waals surface area contributed by atoms with Crippen molar-refractivity contribution in [1.29, 1.82) is 5.26 Å². The molecule has 1 rings (SSSR count). The molecule has 0 saturated heterocycles. The molecule has 0 fully saturated rings. The van der Waals surface area contributed by atoms with E-state index < -0.39 is 11.9 Å². The first-order valence-electron chi connectivity index (χ1n) is 6.01. The maximum absolute atomic E-state index is 11.7. The number of anilines is 1. The van der Waals surface area contributed by atoms with E-state index in [1.807, 2.05) is 0 Å². The molecule has 0 aliphatic heterocycles. The lowest BCUT2D eigenvalue weighted by Crippen LogP contribution is -2.26. The molecule has 0 bridgehead atoms. The van der Waals surface area contributed by atoms with Crippen molar-refractivity contribution in [2.24, 2.45) is 0 Å². The average Bonchev–Trinajstić information content (AvgIpc) is 2.44. The predicted molar refractivity (Wildman–Crippen MR) is 79.1 cm³/mol. The highest BCUT2D eigenvalue weighted by Crippen LogP contribution is 2.12. The van der Waals surface area contributed by atoms with Crippen LogP contribution in [0, 0.1) is 11.3 Å². The monoisotopic (exact) mass is 352 g/mol. The summed E-state index contributed by atoms with van der Waals surface area (Å²) in [5.74, 6) is -1.01. The van der Waals surface area contributed by atoms with Crippen LogP contribution < -0.4 is 10.6 Å². The number of hydrogen-bond acceptors (Lipinski definition) is 5. The fourth-order valence-corrected chi connectivity index (χ4v) is 1.65. The van der Waals surface area contributed by atoms with Crippen LogP contribution in [0.3, 0.4) is 0 Å². The smallest absolute Gasteiger partial charge is 0.303 e. The molecule has 21 heavy (non-hydrogen) atoms. The van der Waals surface area contributed by atoms with Crippen LogP contribution in [-0.2, 0) is 9.59 Å². The van der Waals surface area contributed by atoms with Crippen LogP contribution in [0.15, 0.2) is 34.6 Å². The van der Waals surface area contributed by atoms with Crippen molar-refractivity contribution >= 4 is 33.6 Å². The summed E-state index contributed by atoms with van der Waals surface area (Å²) >= 11 is 3.28. The van der Waals surface area contributed by atoms with Gasteiger partial charge in [0.15, 0.2) is 0 Å². The number of amides is 1. The molecule has 110 valence electrons. The maximum atomic E-state index is 11.7. The van der Waals surface area contributed by atoms with Gasteiger partial charge in [-0.3, -0.25) is 9.59 Å². The molecule has 0 aliphatic carbocycles. The maximum Gasteiger partial charge on any atom is 0.303 e. The van der Waals surface area contributed by atoms with E-state index in [1.54, 1.807) is 24.4 Å². The molecule has 0 radical (unpaired) electrons. The van der Waals surface area contributed by atoms with Crippen LogP contribution in [-0.4, -0.2) is 28.5 Å². The number of carbonyl (C=O) groups is 2. The van der Waals surface area contributed by atoms with Gasteiger partial charge in [-0.05, 0) is 18.6 Å². The van der Waals surface area contributed by atoms with E-state index in [0.717, 1.165) is 4.47 Å². The van der Waals surface area contributed by atoms with Gasteiger partial charge < -0.3 is 15.7 Å². The molecule has 1 aromatic heterocycles. The van der Waals surface area contributed by atoms with Crippen molar-refractivity contribution in [3.05, 3.63) is 34.6 Å². The van der Waals surface area contributed by atoms with Gasteiger partial charge in [0.1, 0.15) is 17.5 Å². The SMILES string of the molecule is N#C/C(=C/Nc1cc(Br)ccn1)C(=O)NCCCC(=O)O. The number of carboxylic acid groups (broad SMARTS) is 1. The molecule has 1 aromatic rings. The summed E-state index contributed by atoms with van der Waals surface area (Å²) in [5, 5.41) is 22.6. The number of aliphatic carboxylic acids is 1. The molecule has 0 aliphatic rings. The predicted octanol–water partition coefficient (Wildman–Crippen LogP) is 1.64. The van der Waals surface area contributed by atoms with E-state index in [0.29, 0.717) is 12.2 Å². The van der Waals surface area contributed by atoms with E-state index in [4.69, 9.17) is 10.4 Å². The third-order valence-electron chi connectivity index (χ3n) is 2.30. The van der Waals surface area contributed by atoms with Crippen LogP contribution in [0.5, 0.6) is 0 Å². The van der Waals surface area contributed by atoms with Crippen molar-refractivity contribution in [3.8, 4) is 6.07 Å². The standard InChI is InChI=1S/C13H13BrN4O3/c14-10-3-5-16-11(6-10)18-8-9(7-15)13(21)17-4-1-2-12(19)20/h3,5-6,8H,1-2,4H2,(H,16,18)(H,17,21)(H,19,20)/b9-8-. The zero-order valence-corrected chi connectivity index (χ0v) is 12.6. The quantitative estimate of drug-likeness (QED) is 0.390. The minimum Gasteiger partial charge on any atom is -0.481 e. The lowest BCUT2D eigenvalue weighted by atomic mass is 10.2. The normalized spacial score (nSPS) is 10.6. The minimum atomic E-state index is -0.928. The van der Waals surface area contributed by atoms with Crippen LogP contribution in [0.4, 0.5) is 5.82 Å². The molecule has 1 amide bonds. The largest absolute Gasteiger partial charge is 0.481 e. The molecule has 0 atom stereocenters. The van der Waals surface area contributed by atoms with Gasteiger partial charge in [0.05, 0.1) is 0 Å². The number of pyridine rings is 1. The summed E-state index contributed by atoms with van der Waals surface area (Å²) in [7, 11) is 0. The molecule has 8 heteroatoms. The fraction of sp³-hybridized carbons (Fsp3) is 0.231. The number of hydrogen-bond donors (Lipinski definition) is 3. The molecular weight excluding hydrogens is 340 g/mol. The Kier molecular flexibility index (Phi) is 6.91. The number of nitrogens with one attached hydrogen (secondary N) is 2. The first-order chi connectivity index (χ1) is 10.0. The second-order valence-electron chi connectivity index (χ2n) is 3.93.